The van der Waals surface area contributed by atoms with Crippen LogP contribution in [0.2, 0.25) is 0 Å². The molecule has 0 spiro atoms. The molecule has 121 valence electrons. The van der Waals surface area contributed by atoms with Gasteiger partial charge in [-0.05, 0) is 18.3 Å². The number of unbranched alkanes of at least 4 members (excludes halogenated alkanes) is 11. The van der Waals surface area contributed by atoms with Crippen molar-refractivity contribution in [1.82, 2.24) is 0 Å². The van der Waals surface area contributed by atoms with E-state index in [4.69, 9.17) is 0 Å². The van der Waals surface area contributed by atoms with E-state index in [1.807, 2.05) is 0 Å². The first kappa shape index (κ1) is 20.0. The Labute approximate surface area is 128 Å². The van der Waals surface area contributed by atoms with Gasteiger partial charge in [0.2, 0.25) is 0 Å². The third-order valence-electron chi connectivity index (χ3n) is 4.44. The van der Waals surface area contributed by atoms with Gasteiger partial charge in [-0.2, -0.15) is 0 Å². The minimum absolute atomic E-state index is 0.334. The van der Waals surface area contributed by atoms with Gasteiger partial charge in [0.15, 0.2) is 0 Å². The van der Waals surface area contributed by atoms with Crippen LogP contribution in [0.25, 0.3) is 0 Å². The summed E-state index contributed by atoms with van der Waals surface area (Å²) in [6.07, 6.45) is 18.0. The topological polar surface area (TPSA) is 20.2 Å². The third kappa shape index (κ3) is 13.0. The van der Waals surface area contributed by atoms with Crippen molar-refractivity contribution in [2.45, 2.75) is 104 Å². The summed E-state index contributed by atoms with van der Waals surface area (Å²) in [6, 6.07) is 0. The van der Waals surface area contributed by atoms with Gasteiger partial charge in [0.25, 0.3) is 0 Å². The van der Waals surface area contributed by atoms with Crippen LogP contribution in [-0.2, 0) is 0 Å². The second-order valence-corrected chi connectivity index (χ2v) is 6.63. The van der Waals surface area contributed by atoms with Gasteiger partial charge in [0.05, 0.1) is 0 Å². The van der Waals surface area contributed by atoms with Crippen molar-refractivity contribution in [2.24, 2.45) is 5.92 Å². The SMILES string of the molecule is CCCCCCCCCCCCCCC(CO)[C](C)C. The van der Waals surface area contributed by atoms with Crippen LogP contribution in [0, 0.1) is 11.8 Å². The summed E-state index contributed by atoms with van der Waals surface area (Å²) < 4.78 is 0. The Morgan fingerprint density at radius 2 is 1.10 bits per heavy atom. The Hall–Kier alpha value is -0.0400. The van der Waals surface area contributed by atoms with Crippen molar-refractivity contribution in [2.75, 3.05) is 6.61 Å². The number of hydrogen-bond donors (Lipinski definition) is 1. The Morgan fingerprint density at radius 3 is 1.45 bits per heavy atom. The van der Waals surface area contributed by atoms with E-state index in [0.29, 0.717) is 12.5 Å². The lowest BCUT2D eigenvalue weighted by Crippen LogP contribution is -2.11. The van der Waals surface area contributed by atoms with Gasteiger partial charge in [-0.25, -0.2) is 0 Å². The maximum absolute atomic E-state index is 9.25. The van der Waals surface area contributed by atoms with E-state index < -0.39 is 0 Å². The van der Waals surface area contributed by atoms with Gasteiger partial charge in [-0.15, -0.1) is 0 Å². The highest BCUT2D eigenvalue weighted by atomic mass is 16.3. The van der Waals surface area contributed by atoms with E-state index in [1.54, 1.807) is 0 Å². The predicted molar refractivity (Wildman–Crippen MR) is 90.9 cm³/mol. The molecule has 0 aromatic rings. The number of rotatable bonds is 15. The molecule has 0 fully saturated rings. The van der Waals surface area contributed by atoms with Crippen LogP contribution < -0.4 is 0 Å². The zero-order valence-electron chi connectivity index (χ0n) is 14.4. The van der Waals surface area contributed by atoms with E-state index in [2.05, 4.69) is 20.8 Å². The van der Waals surface area contributed by atoms with Crippen LogP contribution in [0.3, 0.4) is 0 Å². The smallest absolute Gasteiger partial charge is 0.0464 e. The normalized spacial score (nSPS) is 13.1. The van der Waals surface area contributed by atoms with E-state index in [1.165, 1.54) is 89.4 Å². The van der Waals surface area contributed by atoms with Crippen molar-refractivity contribution in [1.29, 1.82) is 0 Å². The molecular formula is C19H39O. The van der Waals surface area contributed by atoms with Crippen molar-refractivity contribution in [3.05, 3.63) is 5.92 Å². The average Bonchev–Trinajstić information content (AvgIpc) is 2.43. The molecule has 0 aromatic carbocycles. The average molecular weight is 284 g/mol. The number of hydrogen-bond acceptors (Lipinski definition) is 1. The summed E-state index contributed by atoms with van der Waals surface area (Å²) in [7, 11) is 0. The second kappa shape index (κ2) is 15.4. The molecule has 1 radical (unpaired) electrons. The first-order valence-electron chi connectivity index (χ1n) is 9.13. The quantitative estimate of drug-likeness (QED) is 0.350. The minimum atomic E-state index is 0.334. The minimum Gasteiger partial charge on any atom is -0.396 e. The molecule has 0 aliphatic rings. The number of aliphatic hydroxyl groups is 1. The van der Waals surface area contributed by atoms with Gasteiger partial charge in [0.1, 0.15) is 0 Å². The first-order chi connectivity index (χ1) is 9.72. The van der Waals surface area contributed by atoms with Crippen molar-refractivity contribution in [3.8, 4) is 0 Å². The standard InChI is InChI=1S/C19H39O/c1-4-5-6-7-8-9-10-11-12-13-14-15-16-19(17-20)18(2)3/h19-20H,4-17H2,1-3H3. The predicted octanol–water partition coefficient (Wildman–Crippen LogP) is 6.30. The molecule has 1 atom stereocenters. The maximum Gasteiger partial charge on any atom is 0.0464 e. The second-order valence-electron chi connectivity index (χ2n) is 6.63. The molecule has 0 bridgehead atoms. The maximum atomic E-state index is 9.25. The largest absolute Gasteiger partial charge is 0.396 e. The molecule has 1 heteroatoms. The van der Waals surface area contributed by atoms with Crippen molar-refractivity contribution >= 4 is 0 Å². The van der Waals surface area contributed by atoms with Crippen LogP contribution in [0.15, 0.2) is 0 Å². The van der Waals surface area contributed by atoms with Crippen LogP contribution in [0.1, 0.15) is 104 Å². The number of aliphatic hydroxyl groups excluding tert-OH is 1. The molecular weight excluding hydrogens is 244 g/mol. The molecule has 1 nitrogen and oxygen atoms in total. The molecule has 20 heavy (non-hydrogen) atoms. The lowest BCUT2D eigenvalue weighted by atomic mass is 9.91. The fraction of sp³-hybridized carbons (Fsp3) is 0.947. The van der Waals surface area contributed by atoms with E-state index >= 15 is 0 Å². The highest BCUT2D eigenvalue weighted by Crippen LogP contribution is 2.20. The van der Waals surface area contributed by atoms with Crippen LogP contribution in [0.4, 0.5) is 0 Å². The fourth-order valence-corrected chi connectivity index (χ4v) is 2.79. The van der Waals surface area contributed by atoms with E-state index in [0.717, 1.165) is 0 Å². The van der Waals surface area contributed by atoms with Crippen molar-refractivity contribution in [3.63, 3.8) is 0 Å². The van der Waals surface area contributed by atoms with Crippen LogP contribution >= 0.6 is 0 Å². The zero-order valence-corrected chi connectivity index (χ0v) is 14.4. The van der Waals surface area contributed by atoms with E-state index in [9.17, 15) is 5.11 Å². The molecule has 0 amide bonds. The summed E-state index contributed by atoms with van der Waals surface area (Å²) in [5.41, 5.74) is 0. The van der Waals surface area contributed by atoms with Gasteiger partial charge < -0.3 is 5.11 Å². The van der Waals surface area contributed by atoms with E-state index in [-0.39, 0.29) is 0 Å². The molecule has 0 rings (SSSR count). The third-order valence-corrected chi connectivity index (χ3v) is 4.44. The molecule has 1 unspecified atom stereocenters. The molecule has 0 heterocycles. The van der Waals surface area contributed by atoms with Gasteiger partial charge in [-0.1, -0.05) is 97.8 Å². The van der Waals surface area contributed by atoms with Crippen LogP contribution in [-0.4, -0.2) is 11.7 Å². The lowest BCUT2D eigenvalue weighted by Gasteiger charge is -2.17. The van der Waals surface area contributed by atoms with Gasteiger partial charge >= 0.3 is 0 Å². The zero-order chi connectivity index (χ0) is 15.1. The Kier molecular flexibility index (Phi) is 15.3. The summed E-state index contributed by atoms with van der Waals surface area (Å²) in [5.74, 6) is 1.83. The highest BCUT2D eigenvalue weighted by Gasteiger charge is 2.11. The molecule has 0 aliphatic heterocycles. The highest BCUT2D eigenvalue weighted by molar-refractivity contribution is 4.86. The molecule has 0 aromatic heterocycles. The summed E-state index contributed by atoms with van der Waals surface area (Å²) in [5, 5.41) is 9.25. The van der Waals surface area contributed by atoms with Gasteiger partial charge in [0, 0.05) is 6.61 Å². The van der Waals surface area contributed by atoms with Crippen LogP contribution in [0.5, 0.6) is 0 Å². The summed E-state index contributed by atoms with van der Waals surface area (Å²) >= 11 is 0. The molecule has 1 N–H and O–H groups in total. The molecule has 0 saturated heterocycles. The molecule has 0 aliphatic carbocycles. The fourth-order valence-electron chi connectivity index (χ4n) is 2.79. The first-order valence-corrected chi connectivity index (χ1v) is 9.13. The summed E-state index contributed by atoms with van der Waals surface area (Å²) in [4.78, 5) is 0. The molecule has 0 saturated carbocycles. The monoisotopic (exact) mass is 283 g/mol. The lowest BCUT2D eigenvalue weighted by molar-refractivity contribution is 0.223. The Bertz CT molecular complexity index is 177. The Morgan fingerprint density at radius 1 is 0.700 bits per heavy atom. The van der Waals surface area contributed by atoms with Gasteiger partial charge in [-0.3, -0.25) is 0 Å². The van der Waals surface area contributed by atoms with Crippen molar-refractivity contribution < 1.29 is 5.11 Å². The summed E-state index contributed by atoms with van der Waals surface area (Å²) in [6.45, 7) is 6.89. The Balaban J connectivity index is 3.13.